The first kappa shape index (κ1) is 22.2. The van der Waals surface area contributed by atoms with Crippen molar-refractivity contribution in [3.8, 4) is 11.5 Å². The maximum atomic E-state index is 12.0. The number of nitrogens with one attached hydrogen (secondary N) is 1. The number of carbonyl (C=O) groups is 1. The van der Waals surface area contributed by atoms with Gasteiger partial charge < -0.3 is 14.8 Å². The van der Waals surface area contributed by atoms with Crippen LogP contribution in [-0.4, -0.2) is 31.2 Å². The van der Waals surface area contributed by atoms with Crippen LogP contribution in [0.4, 0.5) is 0 Å². The highest BCUT2D eigenvalue weighted by atomic mass is 16.5. The molecule has 1 aromatic heterocycles. The first-order valence-corrected chi connectivity index (χ1v) is 10.0. The predicted octanol–water partition coefficient (Wildman–Crippen LogP) is 4.81. The fraction of sp³-hybridized carbons (Fsp3) is 0.333. The van der Waals surface area contributed by atoms with Gasteiger partial charge >= 0.3 is 0 Å². The number of rotatable bonds is 12. The minimum atomic E-state index is -0.104. The fourth-order valence-electron chi connectivity index (χ4n) is 2.71. The Hall–Kier alpha value is -3.08. The lowest BCUT2D eigenvalue weighted by molar-refractivity contribution is -0.116. The number of nitrogens with zero attached hydrogens (tertiary/aromatic N) is 1. The summed E-state index contributed by atoms with van der Waals surface area (Å²) in [6.45, 7) is 3.27. The molecule has 0 saturated carbocycles. The Kier molecular flexibility index (Phi) is 10.1. The summed E-state index contributed by atoms with van der Waals surface area (Å²) in [7, 11) is 1.66. The second-order valence-electron chi connectivity index (χ2n) is 6.56. The van der Waals surface area contributed by atoms with Gasteiger partial charge in [-0.25, -0.2) is 0 Å². The van der Waals surface area contributed by atoms with Gasteiger partial charge in [-0.05, 0) is 54.7 Å². The van der Waals surface area contributed by atoms with Crippen molar-refractivity contribution in [2.45, 2.75) is 32.6 Å². The Bertz CT molecular complexity index is 784. The van der Waals surface area contributed by atoms with E-state index in [-0.39, 0.29) is 5.91 Å². The van der Waals surface area contributed by atoms with Gasteiger partial charge in [-0.2, -0.15) is 0 Å². The number of unbranched alkanes of at least 4 members (excludes halogenated alkanes) is 1. The monoisotopic (exact) mass is 394 g/mol. The number of hydrogen-bond donors (Lipinski definition) is 1. The van der Waals surface area contributed by atoms with E-state index in [0.29, 0.717) is 13.2 Å². The number of ether oxygens (including phenoxy) is 2. The van der Waals surface area contributed by atoms with Crippen molar-refractivity contribution in [2.75, 3.05) is 20.3 Å². The quantitative estimate of drug-likeness (QED) is 0.319. The molecule has 0 spiro atoms. The number of methoxy groups -OCH3 is 1. The van der Waals surface area contributed by atoms with Gasteiger partial charge in [0.05, 0.1) is 19.9 Å². The van der Waals surface area contributed by atoms with Gasteiger partial charge in [-0.1, -0.05) is 37.6 Å². The Morgan fingerprint density at radius 1 is 1.14 bits per heavy atom. The molecule has 29 heavy (non-hydrogen) atoms. The van der Waals surface area contributed by atoms with Crippen molar-refractivity contribution < 1.29 is 14.3 Å². The molecule has 0 saturated heterocycles. The zero-order valence-corrected chi connectivity index (χ0v) is 17.3. The molecule has 154 valence electrons. The van der Waals surface area contributed by atoms with E-state index in [9.17, 15) is 4.79 Å². The molecule has 2 aromatic rings. The Balaban J connectivity index is 1.79. The second kappa shape index (κ2) is 13.2. The molecule has 0 aliphatic carbocycles. The van der Waals surface area contributed by atoms with Gasteiger partial charge in [-0.15, -0.1) is 0 Å². The van der Waals surface area contributed by atoms with Crippen molar-refractivity contribution >= 4 is 11.5 Å². The van der Waals surface area contributed by atoms with E-state index >= 15 is 0 Å². The topological polar surface area (TPSA) is 60.5 Å². The van der Waals surface area contributed by atoms with Gasteiger partial charge in [0.1, 0.15) is 11.5 Å². The van der Waals surface area contributed by atoms with Crippen LogP contribution < -0.4 is 14.8 Å². The molecule has 0 radical (unpaired) electrons. The molecule has 0 aliphatic rings. The lowest BCUT2D eigenvalue weighted by Gasteiger charge is -2.08. The van der Waals surface area contributed by atoms with E-state index in [2.05, 4.69) is 29.4 Å². The second-order valence-corrected chi connectivity index (χ2v) is 6.56. The molecule has 1 N–H and O–H groups in total. The minimum Gasteiger partial charge on any atom is -0.497 e. The third-order valence-corrected chi connectivity index (χ3v) is 4.33. The van der Waals surface area contributed by atoms with E-state index in [1.807, 2.05) is 36.4 Å². The molecule has 0 fully saturated rings. The standard InChI is InChI=1S/C24H30N2O3/c1-3-4-8-20(21-12-14-22(28-2)15-13-21)9-5-11-24(27)26-17-7-18-29-23-10-6-16-25-19-23/h5-6,9-16,19H,3-4,7-8,17-18H2,1-2H3,(H,26,27). The lowest BCUT2D eigenvalue weighted by Crippen LogP contribution is -2.23. The lowest BCUT2D eigenvalue weighted by atomic mass is 9.99. The van der Waals surface area contributed by atoms with Crippen LogP contribution in [0.5, 0.6) is 11.5 Å². The summed E-state index contributed by atoms with van der Waals surface area (Å²) in [6, 6.07) is 11.7. The first-order chi connectivity index (χ1) is 14.2. The van der Waals surface area contributed by atoms with Crippen LogP contribution in [0.25, 0.3) is 5.57 Å². The van der Waals surface area contributed by atoms with Crippen molar-refractivity contribution in [1.29, 1.82) is 0 Å². The number of aromatic nitrogens is 1. The van der Waals surface area contributed by atoms with Gasteiger partial charge in [0, 0.05) is 18.8 Å². The van der Waals surface area contributed by atoms with Crippen molar-refractivity contribution in [2.24, 2.45) is 0 Å². The maximum absolute atomic E-state index is 12.0. The molecule has 1 amide bonds. The van der Waals surface area contributed by atoms with Crippen molar-refractivity contribution in [1.82, 2.24) is 10.3 Å². The highest BCUT2D eigenvalue weighted by molar-refractivity contribution is 5.88. The van der Waals surface area contributed by atoms with Crippen LogP contribution in [0, 0.1) is 0 Å². The largest absolute Gasteiger partial charge is 0.497 e. The Labute approximate surface area is 173 Å². The van der Waals surface area contributed by atoms with Crippen LogP contribution in [0.3, 0.4) is 0 Å². The van der Waals surface area contributed by atoms with E-state index in [4.69, 9.17) is 9.47 Å². The van der Waals surface area contributed by atoms with Crippen molar-refractivity contribution in [3.05, 3.63) is 72.6 Å². The number of hydrogen-bond acceptors (Lipinski definition) is 4. The van der Waals surface area contributed by atoms with Crippen LogP contribution in [-0.2, 0) is 4.79 Å². The van der Waals surface area contributed by atoms with Crippen LogP contribution >= 0.6 is 0 Å². The van der Waals surface area contributed by atoms with Gasteiger partial charge in [0.15, 0.2) is 0 Å². The van der Waals surface area contributed by atoms with E-state index < -0.39 is 0 Å². The average molecular weight is 395 g/mol. The summed E-state index contributed by atoms with van der Waals surface area (Å²) < 4.78 is 10.8. The number of pyridine rings is 1. The van der Waals surface area contributed by atoms with E-state index in [1.165, 1.54) is 5.57 Å². The van der Waals surface area contributed by atoms with Crippen LogP contribution in [0.15, 0.2) is 67.0 Å². The third kappa shape index (κ3) is 8.64. The summed E-state index contributed by atoms with van der Waals surface area (Å²) in [5.74, 6) is 1.47. The summed E-state index contributed by atoms with van der Waals surface area (Å²) in [6.07, 6.45) is 12.7. The molecule has 0 bridgehead atoms. The van der Waals surface area contributed by atoms with Crippen molar-refractivity contribution in [3.63, 3.8) is 0 Å². The summed E-state index contributed by atoms with van der Waals surface area (Å²) >= 11 is 0. The molecule has 0 atom stereocenters. The van der Waals surface area contributed by atoms with Gasteiger partial charge in [0.25, 0.3) is 0 Å². The third-order valence-electron chi connectivity index (χ3n) is 4.33. The fourth-order valence-corrected chi connectivity index (χ4v) is 2.71. The molecule has 0 aliphatic heterocycles. The normalized spacial score (nSPS) is 11.4. The van der Waals surface area contributed by atoms with E-state index in [1.54, 1.807) is 25.6 Å². The maximum Gasteiger partial charge on any atom is 0.243 e. The zero-order valence-electron chi connectivity index (χ0n) is 17.3. The molecule has 0 unspecified atom stereocenters. The predicted molar refractivity (Wildman–Crippen MR) is 117 cm³/mol. The average Bonchev–Trinajstić information content (AvgIpc) is 2.76. The highest BCUT2D eigenvalue weighted by Gasteiger charge is 2.02. The summed E-state index contributed by atoms with van der Waals surface area (Å²) in [5.41, 5.74) is 2.36. The van der Waals surface area contributed by atoms with Crippen LogP contribution in [0.2, 0.25) is 0 Å². The first-order valence-electron chi connectivity index (χ1n) is 10.0. The number of benzene rings is 1. The molecule has 1 heterocycles. The smallest absolute Gasteiger partial charge is 0.243 e. The molecule has 1 aromatic carbocycles. The minimum absolute atomic E-state index is 0.104. The van der Waals surface area contributed by atoms with Gasteiger partial charge in [0.2, 0.25) is 5.91 Å². The number of carbonyl (C=O) groups excluding carboxylic acids is 1. The number of allylic oxidation sites excluding steroid dienone is 3. The number of amides is 1. The summed E-state index contributed by atoms with van der Waals surface area (Å²) in [4.78, 5) is 16.0. The Morgan fingerprint density at radius 2 is 1.97 bits per heavy atom. The zero-order chi connectivity index (χ0) is 20.7. The SMILES string of the molecule is CCCCC(=CC=CC(=O)NCCCOc1cccnc1)c1ccc(OC)cc1. The van der Waals surface area contributed by atoms with Gasteiger partial charge in [-0.3, -0.25) is 9.78 Å². The Morgan fingerprint density at radius 3 is 2.66 bits per heavy atom. The molecule has 5 nitrogen and oxygen atoms in total. The molecule has 5 heteroatoms. The van der Waals surface area contributed by atoms with E-state index in [0.717, 1.165) is 42.7 Å². The molecular weight excluding hydrogens is 364 g/mol. The summed E-state index contributed by atoms with van der Waals surface area (Å²) in [5, 5.41) is 2.87. The highest BCUT2D eigenvalue weighted by Crippen LogP contribution is 2.23. The van der Waals surface area contributed by atoms with Crippen LogP contribution in [0.1, 0.15) is 38.2 Å². The molecular formula is C24H30N2O3. The molecule has 2 rings (SSSR count).